The van der Waals surface area contributed by atoms with Gasteiger partial charge in [-0.1, -0.05) is 54.6 Å². The summed E-state index contributed by atoms with van der Waals surface area (Å²) in [6.07, 6.45) is 2.90. The molecule has 2 aromatic carbocycles. The topological polar surface area (TPSA) is 123 Å². The number of aromatic nitrogens is 2. The molecular weight excluding hydrogens is 448 g/mol. The van der Waals surface area contributed by atoms with Gasteiger partial charge in [-0.3, -0.25) is 14.8 Å². The number of fused-ring (bicyclic) bond motifs is 3. The molecule has 1 aromatic heterocycles. The van der Waals surface area contributed by atoms with Crippen molar-refractivity contribution in [3.05, 3.63) is 84.2 Å². The first-order chi connectivity index (χ1) is 16.9. The van der Waals surface area contributed by atoms with E-state index in [2.05, 4.69) is 22.3 Å². The molecule has 0 bridgehead atoms. The number of carbonyl (C=O) groups is 3. The second-order valence-electron chi connectivity index (χ2n) is 8.25. The molecule has 4 rings (SSSR count). The normalized spacial score (nSPS) is 12.8. The largest absolute Gasteiger partial charge is 0.480 e. The predicted molar refractivity (Wildman–Crippen MR) is 130 cm³/mol. The van der Waals surface area contributed by atoms with E-state index in [1.165, 1.54) is 10.9 Å². The summed E-state index contributed by atoms with van der Waals surface area (Å²) in [6, 6.07) is 14.9. The van der Waals surface area contributed by atoms with Gasteiger partial charge in [-0.2, -0.15) is 5.10 Å². The fourth-order valence-electron chi connectivity index (χ4n) is 4.26. The Bertz CT molecular complexity index is 1240. The lowest BCUT2D eigenvalue weighted by Crippen LogP contribution is -2.41. The molecule has 0 spiro atoms. The van der Waals surface area contributed by atoms with Crippen molar-refractivity contribution in [3.63, 3.8) is 0 Å². The summed E-state index contributed by atoms with van der Waals surface area (Å²) in [6.45, 7) is 3.68. The number of carboxylic acid groups (broad SMARTS) is 1. The molecule has 9 nitrogen and oxygen atoms in total. The fraction of sp³-hybridized carbons (Fsp3) is 0.231. The molecule has 0 aliphatic heterocycles. The van der Waals surface area contributed by atoms with Gasteiger partial charge in [-0.25, -0.2) is 9.59 Å². The zero-order valence-corrected chi connectivity index (χ0v) is 19.2. The predicted octanol–water partition coefficient (Wildman–Crippen LogP) is 3.93. The second-order valence-corrected chi connectivity index (χ2v) is 8.25. The van der Waals surface area contributed by atoms with E-state index in [-0.39, 0.29) is 30.3 Å². The molecule has 180 valence electrons. The molecule has 0 radical (unpaired) electrons. The number of ether oxygens (including phenoxy) is 1. The van der Waals surface area contributed by atoms with Gasteiger partial charge < -0.3 is 15.2 Å². The van der Waals surface area contributed by atoms with Crippen molar-refractivity contribution >= 4 is 23.7 Å². The van der Waals surface area contributed by atoms with Crippen LogP contribution in [0.5, 0.6) is 0 Å². The quantitative estimate of drug-likeness (QED) is 0.404. The van der Waals surface area contributed by atoms with Crippen LogP contribution in [0, 0.1) is 0 Å². The lowest BCUT2D eigenvalue weighted by atomic mass is 9.98. The van der Waals surface area contributed by atoms with E-state index in [0.717, 1.165) is 22.3 Å². The number of aliphatic carboxylic acids is 1. The Balaban J connectivity index is 1.44. The van der Waals surface area contributed by atoms with Crippen molar-refractivity contribution in [3.8, 4) is 11.1 Å². The Morgan fingerprint density at radius 2 is 1.77 bits per heavy atom. The molecule has 1 atom stereocenters. The fourth-order valence-corrected chi connectivity index (χ4v) is 4.26. The summed E-state index contributed by atoms with van der Waals surface area (Å²) in [7, 11) is 1.59. The maximum atomic E-state index is 12.7. The van der Waals surface area contributed by atoms with Gasteiger partial charge in [0.1, 0.15) is 12.6 Å². The van der Waals surface area contributed by atoms with Crippen molar-refractivity contribution in [1.29, 1.82) is 0 Å². The van der Waals surface area contributed by atoms with Crippen LogP contribution in [0.3, 0.4) is 0 Å². The van der Waals surface area contributed by atoms with Gasteiger partial charge in [0.15, 0.2) is 5.69 Å². The molecular formula is C26H26N4O5. The Kier molecular flexibility index (Phi) is 6.96. The summed E-state index contributed by atoms with van der Waals surface area (Å²) < 4.78 is 6.89. The third-order valence-electron chi connectivity index (χ3n) is 5.89. The molecule has 1 aliphatic carbocycles. The van der Waals surface area contributed by atoms with Crippen molar-refractivity contribution < 1.29 is 24.2 Å². The zero-order valence-electron chi connectivity index (χ0n) is 19.2. The van der Waals surface area contributed by atoms with Gasteiger partial charge in [-0.15, -0.1) is 6.58 Å². The van der Waals surface area contributed by atoms with Gasteiger partial charge in [0, 0.05) is 19.2 Å². The van der Waals surface area contributed by atoms with Crippen molar-refractivity contribution in [2.75, 3.05) is 11.9 Å². The Morgan fingerprint density at radius 1 is 1.14 bits per heavy atom. The molecule has 9 heteroatoms. The van der Waals surface area contributed by atoms with E-state index < -0.39 is 24.0 Å². The van der Waals surface area contributed by atoms with E-state index in [1.807, 2.05) is 48.5 Å². The van der Waals surface area contributed by atoms with Crippen LogP contribution >= 0.6 is 0 Å². The second kappa shape index (κ2) is 10.3. The Morgan fingerprint density at radius 3 is 2.37 bits per heavy atom. The third kappa shape index (κ3) is 5.08. The number of benzene rings is 2. The van der Waals surface area contributed by atoms with Crippen molar-refractivity contribution in [2.24, 2.45) is 7.05 Å². The van der Waals surface area contributed by atoms with Crippen LogP contribution in [0.4, 0.5) is 10.5 Å². The Hall–Kier alpha value is -4.40. The number of nitrogens with one attached hydrogen (secondary N) is 2. The van der Waals surface area contributed by atoms with E-state index in [0.29, 0.717) is 6.42 Å². The monoisotopic (exact) mass is 474 g/mol. The first-order valence-electron chi connectivity index (χ1n) is 11.2. The summed E-state index contributed by atoms with van der Waals surface area (Å²) in [5.41, 5.74) is 4.42. The molecule has 1 heterocycles. The maximum absolute atomic E-state index is 12.7. The van der Waals surface area contributed by atoms with Crippen molar-refractivity contribution in [1.82, 2.24) is 15.1 Å². The first kappa shape index (κ1) is 23.7. The minimum absolute atomic E-state index is 0.106. The van der Waals surface area contributed by atoms with Crippen LogP contribution in [0.25, 0.3) is 11.1 Å². The number of amides is 2. The number of rotatable bonds is 9. The zero-order chi connectivity index (χ0) is 24.9. The third-order valence-corrected chi connectivity index (χ3v) is 5.89. The van der Waals surface area contributed by atoms with Gasteiger partial charge >= 0.3 is 12.1 Å². The molecule has 3 aromatic rings. The van der Waals surface area contributed by atoms with Crippen LogP contribution in [-0.2, 0) is 16.6 Å². The summed E-state index contributed by atoms with van der Waals surface area (Å²) in [5, 5.41) is 18.4. The smallest absolute Gasteiger partial charge is 0.411 e. The van der Waals surface area contributed by atoms with E-state index in [1.54, 1.807) is 13.1 Å². The summed E-state index contributed by atoms with van der Waals surface area (Å²) >= 11 is 0. The van der Waals surface area contributed by atoms with Crippen LogP contribution in [0.1, 0.15) is 40.4 Å². The van der Waals surface area contributed by atoms with E-state index in [9.17, 15) is 19.5 Å². The van der Waals surface area contributed by atoms with Gasteiger partial charge in [-0.05, 0) is 35.1 Å². The summed E-state index contributed by atoms with van der Waals surface area (Å²) in [5.74, 6) is -1.98. The molecule has 35 heavy (non-hydrogen) atoms. The average Bonchev–Trinajstić information content (AvgIpc) is 3.37. The number of aryl methyl sites for hydroxylation is 1. The number of allylic oxidation sites excluding steroid dienone is 1. The Labute approximate surface area is 202 Å². The van der Waals surface area contributed by atoms with Gasteiger partial charge in [0.2, 0.25) is 0 Å². The number of nitrogens with zero attached hydrogens (tertiary/aromatic N) is 2. The molecule has 0 fully saturated rings. The molecule has 3 N–H and O–H groups in total. The van der Waals surface area contributed by atoms with E-state index >= 15 is 0 Å². The number of hydrogen-bond donors (Lipinski definition) is 3. The maximum Gasteiger partial charge on any atom is 0.411 e. The number of carboxylic acids is 1. The standard InChI is InChI=1S/C26H26N4O5/c1-3-4-13-21(25(32)33)27-24(31)23-22(14-30(2)29-23)28-26(34)35-15-20-18-11-7-5-9-16(18)17-10-6-8-12-19(17)20/h3,5-12,14,20-21H,1,4,13,15H2,2H3,(H,27,31)(H,28,34)(H,32,33). The van der Waals surface area contributed by atoms with Crippen LogP contribution in [-0.4, -0.2) is 45.5 Å². The molecule has 1 aliphatic rings. The average molecular weight is 475 g/mol. The molecule has 1 unspecified atom stereocenters. The van der Waals surface area contributed by atoms with Gasteiger partial charge in [0.05, 0.1) is 5.69 Å². The number of anilines is 1. The lowest BCUT2D eigenvalue weighted by Gasteiger charge is -2.15. The van der Waals surface area contributed by atoms with Crippen molar-refractivity contribution in [2.45, 2.75) is 24.8 Å². The highest BCUT2D eigenvalue weighted by Crippen LogP contribution is 2.44. The minimum Gasteiger partial charge on any atom is -0.480 e. The highest BCUT2D eigenvalue weighted by molar-refractivity contribution is 6.02. The highest BCUT2D eigenvalue weighted by Gasteiger charge is 2.29. The number of hydrogen-bond acceptors (Lipinski definition) is 5. The van der Waals surface area contributed by atoms with Crippen LogP contribution in [0.15, 0.2) is 67.4 Å². The SMILES string of the molecule is C=CCCC(NC(=O)c1nn(C)cc1NC(=O)OCC1c2ccccc2-c2ccccc21)C(=O)O. The van der Waals surface area contributed by atoms with Crippen LogP contribution < -0.4 is 10.6 Å². The lowest BCUT2D eigenvalue weighted by molar-refractivity contribution is -0.139. The molecule has 2 amide bonds. The molecule has 0 saturated heterocycles. The highest BCUT2D eigenvalue weighted by atomic mass is 16.5. The van der Waals surface area contributed by atoms with Crippen LogP contribution in [0.2, 0.25) is 0 Å². The number of carbonyl (C=O) groups excluding carboxylic acids is 2. The van der Waals surface area contributed by atoms with E-state index in [4.69, 9.17) is 4.74 Å². The minimum atomic E-state index is -1.16. The summed E-state index contributed by atoms with van der Waals surface area (Å²) in [4.78, 5) is 36.8. The first-order valence-corrected chi connectivity index (χ1v) is 11.2. The molecule has 0 saturated carbocycles. The van der Waals surface area contributed by atoms with Gasteiger partial charge in [0.25, 0.3) is 5.91 Å².